The molecule has 0 amide bonds. The van der Waals surface area contributed by atoms with Crippen molar-refractivity contribution in [3.63, 3.8) is 0 Å². The predicted molar refractivity (Wildman–Crippen MR) is 266 cm³/mol. The Bertz CT molecular complexity index is 2110. The number of rotatable bonds is 20. The highest BCUT2D eigenvalue weighted by atomic mass is 16.8. The van der Waals surface area contributed by atoms with Gasteiger partial charge in [-0.3, -0.25) is 0 Å². The van der Waals surface area contributed by atoms with E-state index in [4.69, 9.17) is 82.5 Å². The van der Waals surface area contributed by atoms with Gasteiger partial charge in [-0.2, -0.15) is 0 Å². The molecule has 0 aromatic heterocycles. The van der Waals surface area contributed by atoms with E-state index in [1.807, 2.05) is 0 Å². The summed E-state index contributed by atoms with van der Waals surface area (Å²) in [6.07, 6.45) is -71.9. The highest BCUT2D eigenvalue weighted by Crippen LogP contribution is 2.39. The first-order chi connectivity index (χ1) is 41.1. The van der Waals surface area contributed by atoms with Crippen molar-refractivity contribution in [3.05, 3.63) is 0 Å². The second kappa shape index (κ2) is 30.2. The van der Waals surface area contributed by atoms with Crippen molar-refractivity contribution in [2.45, 2.75) is 259 Å². The lowest BCUT2D eigenvalue weighted by molar-refractivity contribution is -0.393. The van der Waals surface area contributed by atoms with Crippen molar-refractivity contribution in [3.8, 4) is 0 Å². The van der Waals surface area contributed by atoms with Gasteiger partial charge in [0.15, 0.2) is 50.3 Å². The van der Waals surface area contributed by atoms with E-state index in [1.165, 1.54) is 13.8 Å². The number of ether oxygens (including phenoxy) is 15. The summed E-state index contributed by atoms with van der Waals surface area (Å²) in [6, 6.07) is -3.65. The Labute approximate surface area is 493 Å². The zero-order chi connectivity index (χ0) is 63.9. The summed E-state index contributed by atoms with van der Waals surface area (Å²) in [5.74, 6) is 0. The first kappa shape index (κ1) is 71.3. The van der Waals surface area contributed by atoms with E-state index in [-0.39, 0.29) is 0 Å². The first-order valence-corrected chi connectivity index (χ1v) is 28.0. The molecular weight excluding hydrogens is 1200 g/mol. The normalized spacial score (nSPS) is 54.6. The fraction of sp³-hybridized carbons (Fsp3) is 1.00. The van der Waals surface area contributed by atoms with Crippen molar-refractivity contribution < 1.29 is 183 Å². The van der Waals surface area contributed by atoms with E-state index < -0.39 is 285 Å². The van der Waals surface area contributed by atoms with Gasteiger partial charge in [0.1, 0.15) is 171 Å². The van der Waals surface area contributed by atoms with Crippen LogP contribution in [0.25, 0.3) is 0 Å². The van der Waals surface area contributed by atoms with Gasteiger partial charge in [-0.25, -0.2) is 0 Å². The van der Waals surface area contributed by atoms with Crippen LogP contribution in [-0.2, 0) is 71.1 Å². The van der Waals surface area contributed by atoms with Crippen LogP contribution in [0.1, 0.15) is 13.8 Å². The predicted octanol–water partition coefficient (Wildman–Crippen LogP) is -16.5. The maximum atomic E-state index is 12.2. The molecule has 26 N–H and O–H groups in total. The topological polar surface area (TPSA) is 636 Å². The Morgan fingerprint density at radius 2 is 0.586 bits per heavy atom. The molecule has 508 valence electrons. The Morgan fingerprint density at radius 3 is 1.02 bits per heavy atom. The molecule has 8 aliphatic rings. The molecule has 8 aliphatic heterocycles. The lowest BCUT2D eigenvalue weighted by Gasteiger charge is -2.51. The quantitative estimate of drug-likeness (QED) is 0.0538. The lowest BCUT2D eigenvalue weighted by atomic mass is 9.94. The van der Waals surface area contributed by atoms with Crippen molar-refractivity contribution >= 4 is 0 Å². The monoisotopic (exact) mass is 1280 g/mol. The molecule has 0 radical (unpaired) electrons. The van der Waals surface area contributed by atoms with E-state index in [0.29, 0.717) is 0 Å². The van der Waals surface area contributed by atoms with Crippen LogP contribution in [0.3, 0.4) is 0 Å². The molecule has 0 bridgehead atoms. The van der Waals surface area contributed by atoms with Crippen LogP contribution < -0.4 is 11.5 Å². The third-order valence-corrected chi connectivity index (χ3v) is 16.7. The summed E-state index contributed by atoms with van der Waals surface area (Å²) in [4.78, 5) is 0. The minimum absolute atomic E-state index is 0.905. The van der Waals surface area contributed by atoms with Gasteiger partial charge in [-0.05, 0) is 13.8 Å². The molecule has 0 saturated carbocycles. The maximum absolute atomic E-state index is 12.2. The van der Waals surface area contributed by atoms with Crippen molar-refractivity contribution in [1.29, 1.82) is 0 Å². The Balaban J connectivity index is 1.10. The highest BCUT2D eigenvalue weighted by Gasteiger charge is 2.59. The lowest BCUT2D eigenvalue weighted by Crippen LogP contribution is -2.70. The molecule has 0 aromatic carbocycles. The van der Waals surface area contributed by atoms with Crippen LogP contribution in [0.2, 0.25) is 0 Å². The number of hydrogen-bond acceptors (Lipinski definition) is 39. The molecule has 25 unspecified atom stereocenters. The molecule has 39 heteroatoms. The zero-order valence-corrected chi connectivity index (χ0v) is 46.5. The molecule has 40 atom stereocenters. The number of aliphatic hydroxyl groups is 22. The summed E-state index contributed by atoms with van der Waals surface area (Å²) in [6.45, 7) is -3.35. The molecule has 87 heavy (non-hydrogen) atoms. The molecule has 0 aromatic rings. The van der Waals surface area contributed by atoms with Gasteiger partial charge in [0.25, 0.3) is 0 Å². The summed E-state index contributed by atoms with van der Waals surface area (Å²) >= 11 is 0. The molecule has 8 rings (SSSR count). The summed E-state index contributed by atoms with van der Waals surface area (Å²) < 4.78 is 87.9. The molecule has 8 fully saturated rings. The van der Waals surface area contributed by atoms with Gasteiger partial charge in [0.05, 0.1) is 63.9 Å². The minimum Gasteiger partial charge on any atom is -0.394 e. The molecule has 8 heterocycles. The SMILES string of the molecule is CC1OC(OC2C(N)[C@H](OCC3O[C@@H](O[C@H]4C(CO)O[C@@H](O)C(O)C4O)C(O)C(O[C@@H]4OC(CO)[C@H](O[C@@H]5OC(C)[C@H](O)C(O)C5O)C(O[C@@H]5OC(CO)[C@H](O)C(O)C5O)C4N)[C@H]3O)OC(CO)[C@@H]2O[C@@H]2OC(CO)[C@H](O)C(O)C2O)C(O)C(O)[C@@H]1O. The van der Waals surface area contributed by atoms with Gasteiger partial charge < -0.3 is 195 Å². The fourth-order valence-electron chi connectivity index (χ4n) is 11.4. The van der Waals surface area contributed by atoms with Crippen molar-refractivity contribution in [2.24, 2.45) is 11.5 Å². The van der Waals surface area contributed by atoms with Crippen molar-refractivity contribution in [1.82, 2.24) is 0 Å². The van der Waals surface area contributed by atoms with E-state index in [9.17, 15) is 112 Å². The van der Waals surface area contributed by atoms with Crippen LogP contribution in [0, 0.1) is 0 Å². The molecule has 0 aliphatic carbocycles. The maximum Gasteiger partial charge on any atom is 0.187 e. The first-order valence-electron chi connectivity index (χ1n) is 28.0. The van der Waals surface area contributed by atoms with Crippen molar-refractivity contribution in [2.75, 3.05) is 39.6 Å². The fourth-order valence-corrected chi connectivity index (χ4v) is 11.4. The smallest absolute Gasteiger partial charge is 0.187 e. The highest BCUT2D eigenvalue weighted by molar-refractivity contribution is 5.03. The average Bonchev–Trinajstić information content (AvgIpc) is 1.00. The van der Waals surface area contributed by atoms with Gasteiger partial charge in [-0.1, -0.05) is 0 Å². The third-order valence-electron chi connectivity index (χ3n) is 16.7. The number of nitrogens with two attached hydrogens (primary N) is 2. The molecule has 8 saturated heterocycles. The van der Waals surface area contributed by atoms with E-state index in [0.717, 1.165) is 0 Å². The summed E-state index contributed by atoms with van der Waals surface area (Å²) in [7, 11) is 0. The molecule has 39 nitrogen and oxygen atoms in total. The van der Waals surface area contributed by atoms with Gasteiger partial charge in [-0.15, -0.1) is 0 Å². The standard InChI is InChI=1S/C48H84N2O37/c1-9-19(56)24(61)30(67)44(74-9)83-37-15(7-55)80-43(18(50)39(37)86-47-33(70)27(64)22(59)12(4-52)78-47)87-40-23(60)16(81-48(34(40)71)82-35-13(5-53)76-41(72)29(66)28(35)65)8-73-42-17(49)38(85-45-31(68)25(62)20(57)10(2)75-45)36(14(6-54)79-42)84-46-32(69)26(63)21(58)11(3-51)77-46/h9-48,51-72H,3-8,49-50H2,1-2H3/t9?,10?,11?,12?,13?,14?,15?,16?,17?,18?,19-,20+,21-,22-,23-,24?,25?,26?,27?,28?,29?,30?,31?,32?,33?,34?,35-,36-,37-,38?,39?,40?,41+,42+,43-,44-,45?,46-,47-,48-/m0/s1. The van der Waals surface area contributed by atoms with E-state index >= 15 is 0 Å². The molecule has 0 spiro atoms. The average molecular weight is 1280 g/mol. The summed E-state index contributed by atoms with van der Waals surface area (Å²) in [5, 5.41) is 236. The van der Waals surface area contributed by atoms with Gasteiger partial charge in [0.2, 0.25) is 0 Å². The van der Waals surface area contributed by atoms with Crippen LogP contribution in [0.15, 0.2) is 0 Å². The second-order valence-electron chi connectivity index (χ2n) is 22.6. The number of aliphatic hydroxyl groups excluding tert-OH is 22. The van der Waals surface area contributed by atoms with Gasteiger partial charge in [0, 0.05) is 0 Å². The van der Waals surface area contributed by atoms with E-state index in [1.54, 1.807) is 0 Å². The third kappa shape index (κ3) is 14.7. The van der Waals surface area contributed by atoms with Crippen LogP contribution >= 0.6 is 0 Å². The molecular formula is C48H84N2O37. The second-order valence-corrected chi connectivity index (χ2v) is 22.6. The van der Waals surface area contributed by atoms with Gasteiger partial charge >= 0.3 is 0 Å². The summed E-state index contributed by atoms with van der Waals surface area (Å²) in [5.41, 5.74) is 13.5. The van der Waals surface area contributed by atoms with Crippen LogP contribution in [0.4, 0.5) is 0 Å². The Hall–Kier alpha value is -1.56. The van der Waals surface area contributed by atoms with Crippen LogP contribution in [-0.4, -0.2) is 398 Å². The van der Waals surface area contributed by atoms with Crippen LogP contribution in [0.5, 0.6) is 0 Å². The minimum atomic E-state index is -2.32. The number of hydrogen-bond donors (Lipinski definition) is 24. The Kier molecular flexibility index (Phi) is 24.8. The van der Waals surface area contributed by atoms with E-state index in [2.05, 4.69) is 0 Å². The zero-order valence-electron chi connectivity index (χ0n) is 46.5. The Morgan fingerprint density at radius 1 is 0.264 bits per heavy atom. The largest absolute Gasteiger partial charge is 0.394 e.